The Morgan fingerprint density at radius 3 is 2.67 bits per heavy atom. The molecule has 0 atom stereocenters. The molecule has 1 aliphatic rings. The van der Waals surface area contributed by atoms with Gasteiger partial charge in [0.25, 0.3) is 0 Å². The first-order valence-corrected chi connectivity index (χ1v) is 8.50. The van der Waals surface area contributed by atoms with Gasteiger partial charge in [-0.05, 0) is 41.8 Å². The average Bonchev–Trinajstić information content (AvgIpc) is 2.55. The number of fused-ring (bicyclic) bond motifs is 1. The first kappa shape index (κ1) is 16.8. The van der Waals surface area contributed by atoms with Gasteiger partial charge < -0.3 is 14.8 Å². The van der Waals surface area contributed by atoms with Crippen LogP contribution < -0.4 is 14.8 Å². The molecule has 126 valence electrons. The van der Waals surface area contributed by atoms with Crippen molar-refractivity contribution in [2.45, 2.75) is 12.8 Å². The Bertz CT molecular complexity index is 751. The maximum Gasteiger partial charge on any atom is 0.224 e. The molecular formula is C18H17BrFNO3. The zero-order chi connectivity index (χ0) is 16.9. The van der Waals surface area contributed by atoms with Crippen LogP contribution in [0.4, 0.5) is 4.39 Å². The van der Waals surface area contributed by atoms with Crippen molar-refractivity contribution in [2.24, 2.45) is 0 Å². The van der Waals surface area contributed by atoms with Crippen LogP contribution >= 0.6 is 15.9 Å². The van der Waals surface area contributed by atoms with Gasteiger partial charge in [-0.2, -0.15) is 0 Å². The molecule has 0 radical (unpaired) electrons. The maximum atomic E-state index is 13.1. The number of carbonyl (C=O) groups excluding carboxylic acids is 1. The summed E-state index contributed by atoms with van der Waals surface area (Å²) >= 11 is 3.46. The Morgan fingerprint density at radius 2 is 1.92 bits per heavy atom. The highest BCUT2D eigenvalue weighted by molar-refractivity contribution is 9.10. The number of benzene rings is 2. The molecule has 3 rings (SSSR count). The Kier molecular flexibility index (Phi) is 5.35. The summed E-state index contributed by atoms with van der Waals surface area (Å²) in [6.45, 7) is 1.50. The Morgan fingerprint density at radius 1 is 1.17 bits per heavy atom. The van der Waals surface area contributed by atoms with Crippen molar-refractivity contribution >= 4 is 21.8 Å². The number of carbonyl (C=O) groups is 1. The van der Waals surface area contributed by atoms with E-state index in [0.717, 1.165) is 15.6 Å². The van der Waals surface area contributed by atoms with Gasteiger partial charge in [-0.15, -0.1) is 0 Å². The molecule has 2 aromatic rings. The second-order valence-corrected chi connectivity index (χ2v) is 6.35. The number of rotatable bonds is 5. The largest absolute Gasteiger partial charge is 0.486 e. The molecular weight excluding hydrogens is 377 g/mol. The lowest BCUT2D eigenvalue weighted by atomic mass is 10.1. The summed E-state index contributed by atoms with van der Waals surface area (Å²) in [5.74, 6) is 0.984. The molecule has 1 amide bonds. The van der Waals surface area contributed by atoms with E-state index >= 15 is 0 Å². The van der Waals surface area contributed by atoms with Gasteiger partial charge in [0.1, 0.15) is 19.0 Å². The predicted octanol–water partition coefficient (Wildman–Crippen LogP) is 3.26. The number of halogens is 2. The van der Waals surface area contributed by atoms with Gasteiger partial charge in [-0.3, -0.25) is 4.79 Å². The van der Waals surface area contributed by atoms with E-state index in [1.807, 2.05) is 18.2 Å². The summed E-state index contributed by atoms with van der Waals surface area (Å²) in [6, 6.07) is 10.0. The smallest absolute Gasteiger partial charge is 0.224 e. The third-order valence-corrected chi connectivity index (χ3v) is 4.43. The van der Waals surface area contributed by atoms with Gasteiger partial charge in [-0.1, -0.05) is 28.1 Å². The van der Waals surface area contributed by atoms with Crippen molar-refractivity contribution in [1.29, 1.82) is 0 Å². The molecule has 24 heavy (non-hydrogen) atoms. The second kappa shape index (κ2) is 7.66. The lowest BCUT2D eigenvalue weighted by Crippen LogP contribution is -2.27. The lowest BCUT2D eigenvalue weighted by molar-refractivity contribution is -0.120. The first-order chi connectivity index (χ1) is 11.6. The van der Waals surface area contributed by atoms with E-state index in [-0.39, 0.29) is 18.1 Å². The minimum Gasteiger partial charge on any atom is -0.486 e. The Hall–Kier alpha value is -2.08. The molecule has 0 bridgehead atoms. The van der Waals surface area contributed by atoms with Crippen LogP contribution in [0, 0.1) is 5.82 Å². The Labute approximate surface area is 148 Å². The van der Waals surface area contributed by atoms with E-state index in [1.165, 1.54) is 12.1 Å². The van der Waals surface area contributed by atoms with E-state index in [9.17, 15) is 9.18 Å². The standard InChI is InChI=1S/C18H17BrFNO3/c19-15-11-17-16(23-6-7-24-17)9-13(15)10-18(22)21-5-4-12-2-1-3-14(20)8-12/h1-3,8-9,11H,4-7,10H2,(H,21,22). The van der Waals surface area contributed by atoms with Crippen LogP contribution in [0.15, 0.2) is 40.9 Å². The third-order valence-electron chi connectivity index (χ3n) is 3.69. The summed E-state index contributed by atoms with van der Waals surface area (Å²) in [4.78, 5) is 12.1. The van der Waals surface area contributed by atoms with Crippen molar-refractivity contribution in [3.8, 4) is 11.5 Å². The second-order valence-electron chi connectivity index (χ2n) is 5.49. The Balaban J connectivity index is 1.55. The normalized spacial score (nSPS) is 12.8. The van der Waals surface area contributed by atoms with Crippen LogP contribution in [0.25, 0.3) is 0 Å². The zero-order valence-corrected chi connectivity index (χ0v) is 14.6. The fourth-order valence-corrected chi connectivity index (χ4v) is 2.98. The summed E-state index contributed by atoms with van der Waals surface area (Å²) < 4.78 is 25.0. The third kappa shape index (κ3) is 4.26. The number of hydrogen-bond donors (Lipinski definition) is 1. The van der Waals surface area contributed by atoms with Crippen molar-refractivity contribution in [1.82, 2.24) is 5.32 Å². The molecule has 0 saturated heterocycles. The molecule has 0 saturated carbocycles. The number of amides is 1. The number of hydrogen-bond acceptors (Lipinski definition) is 3. The van der Waals surface area contributed by atoms with Crippen LogP contribution in [0.3, 0.4) is 0 Å². The molecule has 1 heterocycles. The fraction of sp³-hybridized carbons (Fsp3) is 0.278. The topological polar surface area (TPSA) is 47.6 Å². The van der Waals surface area contributed by atoms with Crippen molar-refractivity contribution < 1.29 is 18.7 Å². The van der Waals surface area contributed by atoms with E-state index in [4.69, 9.17) is 9.47 Å². The molecule has 0 fully saturated rings. The summed E-state index contributed by atoms with van der Waals surface area (Å²) in [6.07, 6.45) is 0.826. The SMILES string of the molecule is O=C(Cc1cc2c(cc1Br)OCCO2)NCCc1cccc(F)c1. The lowest BCUT2D eigenvalue weighted by Gasteiger charge is -2.19. The fourth-order valence-electron chi connectivity index (χ4n) is 2.52. The van der Waals surface area contributed by atoms with Crippen LogP contribution in [0.5, 0.6) is 11.5 Å². The summed E-state index contributed by atoms with van der Waals surface area (Å²) in [5.41, 5.74) is 1.69. The molecule has 2 aromatic carbocycles. The molecule has 0 aromatic heterocycles. The van der Waals surface area contributed by atoms with Gasteiger partial charge in [0.2, 0.25) is 5.91 Å². The monoisotopic (exact) mass is 393 g/mol. The summed E-state index contributed by atoms with van der Waals surface area (Å²) in [5, 5.41) is 2.85. The van der Waals surface area contributed by atoms with Crippen molar-refractivity contribution in [2.75, 3.05) is 19.8 Å². The van der Waals surface area contributed by atoms with E-state index in [0.29, 0.717) is 37.7 Å². The molecule has 4 nitrogen and oxygen atoms in total. The predicted molar refractivity (Wildman–Crippen MR) is 91.9 cm³/mol. The van der Waals surface area contributed by atoms with E-state index in [2.05, 4.69) is 21.2 Å². The van der Waals surface area contributed by atoms with Crippen LogP contribution in [-0.2, 0) is 17.6 Å². The van der Waals surface area contributed by atoms with Crippen molar-refractivity contribution in [3.05, 3.63) is 57.8 Å². The van der Waals surface area contributed by atoms with Gasteiger partial charge in [0.15, 0.2) is 11.5 Å². The number of ether oxygens (including phenoxy) is 2. The summed E-state index contributed by atoms with van der Waals surface area (Å²) in [7, 11) is 0. The van der Waals surface area contributed by atoms with Gasteiger partial charge in [-0.25, -0.2) is 4.39 Å². The minimum absolute atomic E-state index is 0.0937. The highest BCUT2D eigenvalue weighted by atomic mass is 79.9. The zero-order valence-electron chi connectivity index (χ0n) is 13.0. The van der Waals surface area contributed by atoms with E-state index < -0.39 is 0 Å². The van der Waals surface area contributed by atoms with Gasteiger partial charge >= 0.3 is 0 Å². The van der Waals surface area contributed by atoms with Crippen molar-refractivity contribution in [3.63, 3.8) is 0 Å². The molecule has 1 aliphatic heterocycles. The highest BCUT2D eigenvalue weighted by Gasteiger charge is 2.16. The van der Waals surface area contributed by atoms with Crippen LogP contribution in [0.2, 0.25) is 0 Å². The maximum absolute atomic E-state index is 13.1. The van der Waals surface area contributed by atoms with Gasteiger partial charge in [0.05, 0.1) is 6.42 Å². The van der Waals surface area contributed by atoms with Crippen LogP contribution in [0.1, 0.15) is 11.1 Å². The first-order valence-electron chi connectivity index (χ1n) is 7.71. The minimum atomic E-state index is -0.265. The molecule has 1 N–H and O–H groups in total. The van der Waals surface area contributed by atoms with Crippen LogP contribution in [-0.4, -0.2) is 25.7 Å². The molecule has 6 heteroatoms. The molecule has 0 aliphatic carbocycles. The molecule has 0 unspecified atom stereocenters. The molecule has 0 spiro atoms. The van der Waals surface area contributed by atoms with E-state index in [1.54, 1.807) is 6.07 Å². The highest BCUT2D eigenvalue weighted by Crippen LogP contribution is 2.35. The quantitative estimate of drug-likeness (QED) is 0.847. The number of nitrogens with one attached hydrogen (secondary N) is 1. The average molecular weight is 394 g/mol. The van der Waals surface area contributed by atoms with Gasteiger partial charge in [0, 0.05) is 11.0 Å².